The fourth-order valence-corrected chi connectivity index (χ4v) is 3.26. The van der Waals surface area contributed by atoms with Crippen LogP contribution in [0, 0.1) is 6.92 Å². The number of carbonyl (C=O) groups excluding carboxylic acids is 1. The topological polar surface area (TPSA) is 20.3 Å². The summed E-state index contributed by atoms with van der Waals surface area (Å²) in [6.45, 7) is 7.03. The van der Waals surface area contributed by atoms with Gasteiger partial charge in [0.05, 0.1) is 5.56 Å². The molecule has 1 aromatic carbocycles. The highest BCUT2D eigenvalue weighted by molar-refractivity contribution is 9.10. The molecule has 0 N–H and O–H groups in total. The number of hydrogen-bond donors (Lipinski definition) is 0. The maximum atomic E-state index is 12.7. The fraction of sp³-hybridized carbons (Fsp3) is 0.533. The fourth-order valence-electron chi connectivity index (χ4n) is 2.22. The van der Waals surface area contributed by atoms with Crippen LogP contribution in [0.25, 0.3) is 0 Å². The van der Waals surface area contributed by atoms with E-state index in [0.717, 1.165) is 40.3 Å². The number of rotatable bonds is 6. The summed E-state index contributed by atoms with van der Waals surface area (Å²) in [6.07, 6.45) is 1.97. The van der Waals surface area contributed by atoms with E-state index in [-0.39, 0.29) is 5.91 Å². The van der Waals surface area contributed by atoms with Gasteiger partial charge in [-0.3, -0.25) is 4.79 Å². The average Bonchev–Trinajstić information content (AvgIpc) is 2.38. The third-order valence-electron chi connectivity index (χ3n) is 3.32. The monoisotopic (exact) mass is 389 g/mol. The van der Waals surface area contributed by atoms with Gasteiger partial charge in [-0.15, -0.1) is 0 Å². The quantitative estimate of drug-likeness (QED) is 0.639. The molecule has 0 atom stereocenters. The highest BCUT2D eigenvalue weighted by Crippen LogP contribution is 2.22. The van der Waals surface area contributed by atoms with Crippen LogP contribution in [0.4, 0.5) is 0 Å². The van der Waals surface area contributed by atoms with Gasteiger partial charge in [0.2, 0.25) is 0 Å². The molecule has 0 aromatic heterocycles. The molecule has 0 saturated carbocycles. The SMILES string of the molecule is CCC(CC)N(CCBr)C(=O)c1ccc(C)cc1Br. The van der Waals surface area contributed by atoms with E-state index < -0.39 is 0 Å². The number of nitrogens with zero attached hydrogens (tertiary/aromatic N) is 1. The van der Waals surface area contributed by atoms with E-state index in [2.05, 4.69) is 45.7 Å². The van der Waals surface area contributed by atoms with Crippen LogP contribution in [-0.2, 0) is 0 Å². The number of hydrogen-bond acceptors (Lipinski definition) is 1. The molecule has 1 amide bonds. The van der Waals surface area contributed by atoms with Crippen molar-refractivity contribution in [2.24, 2.45) is 0 Å². The molecule has 0 unspecified atom stereocenters. The second kappa shape index (κ2) is 8.05. The number of amides is 1. The zero-order valence-corrected chi connectivity index (χ0v) is 14.9. The standard InChI is InChI=1S/C15H21Br2NO/c1-4-12(5-2)18(9-8-16)15(19)13-7-6-11(3)10-14(13)17/h6-7,10,12H,4-5,8-9H2,1-3H3. The first-order valence-electron chi connectivity index (χ1n) is 6.68. The van der Waals surface area contributed by atoms with Gasteiger partial charge in [0.15, 0.2) is 0 Å². The summed E-state index contributed by atoms with van der Waals surface area (Å²) in [5, 5.41) is 0.804. The van der Waals surface area contributed by atoms with Gasteiger partial charge in [0.25, 0.3) is 5.91 Å². The number of halogens is 2. The van der Waals surface area contributed by atoms with Crippen molar-refractivity contribution in [1.29, 1.82) is 0 Å². The van der Waals surface area contributed by atoms with Crippen LogP contribution in [0.15, 0.2) is 22.7 Å². The second-order valence-corrected chi connectivity index (χ2v) is 6.29. The van der Waals surface area contributed by atoms with Crippen LogP contribution in [0.1, 0.15) is 42.6 Å². The van der Waals surface area contributed by atoms with E-state index in [0.29, 0.717) is 6.04 Å². The Morgan fingerprint density at radius 3 is 2.42 bits per heavy atom. The third-order valence-corrected chi connectivity index (χ3v) is 4.34. The summed E-state index contributed by atoms with van der Waals surface area (Å²) in [4.78, 5) is 14.7. The number of carbonyl (C=O) groups is 1. The Bertz CT molecular complexity index is 430. The van der Waals surface area contributed by atoms with Gasteiger partial charge in [-0.25, -0.2) is 0 Å². The molecular weight excluding hydrogens is 370 g/mol. The molecule has 1 aromatic rings. The van der Waals surface area contributed by atoms with E-state index in [1.807, 2.05) is 30.0 Å². The predicted octanol–water partition coefficient (Wildman–Crippen LogP) is 4.78. The Morgan fingerprint density at radius 1 is 1.32 bits per heavy atom. The highest BCUT2D eigenvalue weighted by Gasteiger charge is 2.23. The number of alkyl halides is 1. The summed E-state index contributed by atoms with van der Waals surface area (Å²) in [7, 11) is 0. The van der Waals surface area contributed by atoms with Crippen molar-refractivity contribution in [1.82, 2.24) is 4.90 Å². The minimum absolute atomic E-state index is 0.111. The highest BCUT2D eigenvalue weighted by atomic mass is 79.9. The normalized spacial score (nSPS) is 10.8. The van der Waals surface area contributed by atoms with Gasteiger partial charge in [-0.1, -0.05) is 35.8 Å². The molecule has 4 heteroatoms. The average molecular weight is 391 g/mol. The smallest absolute Gasteiger partial charge is 0.255 e. The predicted molar refractivity (Wildman–Crippen MR) is 88.1 cm³/mol. The molecule has 0 heterocycles. The molecule has 0 spiro atoms. The first kappa shape index (κ1) is 16.7. The van der Waals surface area contributed by atoms with Crippen LogP contribution < -0.4 is 0 Å². The molecule has 19 heavy (non-hydrogen) atoms. The maximum Gasteiger partial charge on any atom is 0.255 e. The lowest BCUT2D eigenvalue weighted by Gasteiger charge is -2.30. The van der Waals surface area contributed by atoms with Crippen LogP contribution in [-0.4, -0.2) is 28.7 Å². The van der Waals surface area contributed by atoms with Crippen molar-refractivity contribution < 1.29 is 4.79 Å². The van der Waals surface area contributed by atoms with Gasteiger partial charge >= 0.3 is 0 Å². The van der Waals surface area contributed by atoms with Crippen LogP contribution in [0.5, 0.6) is 0 Å². The Hall–Kier alpha value is -0.350. The lowest BCUT2D eigenvalue weighted by atomic mass is 10.1. The minimum atomic E-state index is 0.111. The lowest BCUT2D eigenvalue weighted by Crippen LogP contribution is -2.41. The van der Waals surface area contributed by atoms with E-state index in [4.69, 9.17) is 0 Å². The summed E-state index contributed by atoms with van der Waals surface area (Å²) in [5.41, 5.74) is 1.90. The first-order valence-corrected chi connectivity index (χ1v) is 8.59. The molecular formula is C15H21Br2NO. The van der Waals surface area contributed by atoms with E-state index >= 15 is 0 Å². The molecule has 1 rings (SSSR count). The molecule has 0 radical (unpaired) electrons. The van der Waals surface area contributed by atoms with Crippen LogP contribution in [0.2, 0.25) is 0 Å². The third kappa shape index (κ3) is 4.32. The van der Waals surface area contributed by atoms with Gasteiger partial charge in [0.1, 0.15) is 0 Å². The molecule has 106 valence electrons. The molecule has 0 aliphatic rings. The van der Waals surface area contributed by atoms with Gasteiger partial charge in [-0.05, 0) is 53.4 Å². The molecule has 0 aliphatic carbocycles. The van der Waals surface area contributed by atoms with Crippen molar-refractivity contribution in [3.63, 3.8) is 0 Å². The van der Waals surface area contributed by atoms with Crippen molar-refractivity contribution in [3.05, 3.63) is 33.8 Å². The molecule has 0 aliphatic heterocycles. The summed E-state index contributed by atoms with van der Waals surface area (Å²) >= 11 is 6.94. The Morgan fingerprint density at radius 2 is 1.95 bits per heavy atom. The molecule has 0 fully saturated rings. The largest absolute Gasteiger partial charge is 0.335 e. The summed E-state index contributed by atoms with van der Waals surface area (Å²) in [6, 6.07) is 6.19. The Kier molecular flexibility index (Phi) is 7.08. The Balaban J connectivity index is 3.04. The van der Waals surface area contributed by atoms with Gasteiger partial charge in [-0.2, -0.15) is 0 Å². The van der Waals surface area contributed by atoms with Crippen LogP contribution >= 0.6 is 31.9 Å². The lowest BCUT2D eigenvalue weighted by molar-refractivity contribution is 0.0682. The molecule has 2 nitrogen and oxygen atoms in total. The van der Waals surface area contributed by atoms with Gasteiger partial charge < -0.3 is 4.90 Å². The maximum absolute atomic E-state index is 12.7. The zero-order valence-electron chi connectivity index (χ0n) is 11.7. The second-order valence-electron chi connectivity index (χ2n) is 4.64. The van der Waals surface area contributed by atoms with E-state index in [1.54, 1.807) is 0 Å². The van der Waals surface area contributed by atoms with Crippen molar-refractivity contribution in [3.8, 4) is 0 Å². The summed E-state index contributed by atoms with van der Waals surface area (Å²) in [5.74, 6) is 0.111. The van der Waals surface area contributed by atoms with Crippen molar-refractivity contribution >= 4 is 37.8 Å². The first-order chi connectivity index (χ1) is 9.04. The van der Waals surface area contributed by atoms with Crippen molar-refractivity contribution in [2.75, 3.05) is 11.9 Å². The molecule has 0 bridgehead atoms. The summed E-state index contributed by atoms with van der Waals surface area (Å²) < 4.78 is 0.878. The number of aryl methyl sites for hydroxylation is 1. The van der Waals surface area contributed by atoms with Crippen molar-refractivity contribution in [2.45, 2.75) is 39.7 Å². The Labute approximate surface area is 132 Å². The van der Waals surface area contributed by atoms with Gasteiger partial charge in [0, 0.05) is 22.4 Å². The van der Waals surface area contributed by atoms with E-state index in [1.165, 1.54) is 0 Å². The van der Waals surface area contributed by atoms with E-state index in [9.17, 15) is 4.79 Å². The minimum Gasteiger partial charge on any atom is -0.335 e. The zero-order chi connectivity index (χ0) is 14.4. The van der Waals surface area contributed by atoms with Crippen LogP contribution in [0.3, 0.4) is 0 Å². The molecule has 0 saturated heterocycles. The number of benzene rings is 1.